The number of hydrogen-bond acceptors (Lipinski definition) is 2. The monoisotopic (exact) mass is 489 g/mol. The lowest BCUT2D eigenvalue weighted by atomic mass is 9.98. The highest BCUT2D eigenvalue weighted by atomic mass is 19.2. The molecule has 4 rings (SSSR count). The molecule has 0 saturated carbocycles. The molecule has 5 nitrogen and oxygen atoms in total. The zero-order valence-electron chi connectivity index (χ0n) is 18.7. The molecular weight excluding hydrogens is 469 g/mol. The van der Waals surface area contributed by atoms with E-state index in [9.17, 15) is 31.5 Å². The molecule has 3 aromatic rings. The quantitative estimate of drug-likeness (QED) is 0.485. The fourth-order valence-corrected chi connectivity index (χ4v) is 3.95. The van der Waals surface area contributed by atoms with E-state index in [2.05, 4.69) is 5.32 Å². The standard InChI is InChI=1S/C25H20F5N3O2/c1-13-16-7-6-14(24(34)31-11-17-21(29)9-15(26)10-22(17)30)8-23(16)33(25(35)32(13)2)12-18-19(27)4-3-5-20(18)28/h3-10,13H,11-12H2,1-2H3,(H,31,34)/t13-/m1/s1. The molecule has 10 heteroatoms. The van der Waals surface area contributed by atoms with Crippen molar-refractivity contribution in [2.45, 2.75) is 26.1 Å². The van der Waals surface area contributed by atoms with Crippen LogP contribution >= 0.6 is 0 Å². The molecule has 1 heterocycles. The van der Waals surface area contributed by atoms with Crippen LogP contribution in [0.2, 0.25) is 0 Å². The Balaban J connectivity index is 1.65. The highest BCUT2D eigenvalue weighted by Crippen LogP contribution is 2.37. The Morgan fingerprint density at radius 3 is 2.17 bits per heavy atom. The molecule has 3 amide bonds. The maximum Gasteiger partial charge on any atom is 0.325 e. The topological polar surface area (TPSA) is 52.7 Å². The Hall–Kier alpha value is -3.95. The van der Waals surface area contributed by atoms with Gasteiger partial charge in [0.2, 0.25) is 0 Å². The molecule has 1 aliphatic heterocycles. The third-order valence-electron chi connectivity index (χ3n) is 6.06. The van der Waals surface area contributed by atoms with Gasteiger partial charge in [-0.05, 0) is 36.8 Å². The molecule has 0 unspecified atom stereocenters. The molecular formula is C25H20F5N3O2. The number of anilines is 1. The van der Waals surface area contributed by atoms with Crippen LogP contribution in [0.4, 0.5) is 32.4 Å². The molecule has 1 aliphatic rings. The van der Waals surface area contributed by atoms with Gasteiger partial charge in [0.05, 0.1) is 18.3 Å². The average Bonchev–Trinajstić information content (AvgIpc) is 2.80. The number of nitrogens with zero attached hydrogens (tertiary/aromatic N) is 2. The van der Waals surface area contributed by atoms with Crippen LogP contribution in [0.15, 0.2) is 48.5 Å². The van der Waals surface area contributed by atoms with Crippen molar-refractivity contribution >= 4 is 17.6 Å². The van der Waals surface area contributed by atoms with E-state index in [1.54, 1.807) is 20.0 Å². The molecule has 0 aromatic heterocycles. The number of halogens is 5. The largest absolute Gasteiger partial charge is 0.348 e. The van der Waals surface area contributed by atoms with Crippen LogP contribution in [0.5, 0.6) is 0 Å². The van der Waals surface area contributed by atoms with Crippen LogP contribution in [0.3, 0.4) is 0 Å². The zero-order chi connectivity index (χ0) is 25.4. The van der Waals surface area contributed by atoms with Crippen molar-refractivity contribution in [2.75, 3.05) is 11.9 Å². The van der Waals surface area contributed by atoms with Gasteiger partial charge in [-0.3, -0.25) is 9.69 Å². The van der Waals surface area contributed by atoms with E-state index >= 15 is 0 Å². The summed E-state index contributed by atoms with van der Waals surface area (Å²) in [4.78, 5) is 28.3. The fourth-order valence-electron chi connectivity index (χ4n) is 3.95. The van der Waals surface area contributed by atoms with E-state index in [1.165, 1.54) is 23.1 Å². The fraction of sp³-hybridized carbons (Fsp3) is 0.200. The number of carbonyl (C=O) groups excluding carboxylic acids is 2. The third-order valence-corrected chi connectivity index (χ3v) is 6.06. The van der Waals surface area contributed by atoms with Gasteiger partial charge in [0.1, 0.15) is 29.1 Å². The maximum atomic E-state index is 14.3. The summed E-state index contributed by atoms with van der Waals surface area (Å²) in [6.45, 7) is 0.798. The molecule has 0 spiro atoms. The van der Waals surface area contributed by atoms with Crippen molar-refractivity contribution in [2.24, 2.45) is 0 Å². The first-order valence-electron chi connectivity index (χ1n) is 10.6. The average molecular weight is 489 g/mol. The van der Waals surface area contributed by atoms with Crippen molar-refractivity contribution < 1.29 is 31.5 Å². The molecule has 0 saturated heterocycles. The molecule has 1 N–H and O–H groups in total. The number of urea groups is 1. The second kappa shape index (κ2) is 9.36. The van der Waals surface area contributed by atoms with E-state index < -0.39 is 65.7 Å². The summed E-state index contributed by atoms with van der Waals surface area (Å²) in [6, 6.07) is 7.91. The number of carbonyl (C=O) groups is 2. The van der Waals surface area contributed by atoms with Gasteiger partial charge in [-0.1, -0.05) is 12.1 Å². The second-order valence-corrected chi connectivity index (χ2v) is 8.16. The third kappa shape index (κ3) is 4.55. The van der Waals surface area contributed by atoms with E-state index in [0.29, 0.717) is 17.7 Å². The van der Waals surface area contributed by atoms with Gasteiger partial charge >= 0.3 is 6.03 Å². The Labute approximate surface area is 197 Å². The van der Waals surface area contributed by atoms with Crippen LogP contribution in [-0.2, 0) is 13.1 Å². The summed E-state index contributed by atoms with van der Waals surface area (Å²) in [6.07, 6.45) is 0. The first-order valence-corrected chi connectivity index (χ1v) is 10.6. The molecule has 0 radical (unpaired) electrons. The second-order valence-electron chi connectivity index (χ2n) is 8.16. The summed E-state index contributed by atoms with van der Waals surface area (Å²) >= 11 is 0. The Bertz CT molecular complexity index is 1290. The number of hydrogen-bond donors (Lipinski definition) is 1. The molecule has 182 valence electrons. The van der Waals surface area contributed by atoms with E-state index in [4.69, 9.17) is 0 Å². The van der Waals surface area contributed by atoms with Gasteiger partial charge in [0, 0.05) is 42.4 Å². The van der Waals surface area contributed by atoms with Crippen LogP contribution in [0, 0.1) is 29.1 Å². The highest BCUT2D eigenvalue weighted by molar-refractivity contribution is 5.99. The smallest absolute Gasteiger partial charge is 0.325 e. The number of amides is 3. The Morgan fingerprint density at radius 1 is 0.914 bits per heavy atom. The van der Waals surface area contributed by atoms with E-state index in [0.717, 1.165) is 17.0 Å². The van der Waals surface area contributed by atoms with Crippen LogP contribution in [-0.4, -0.2) is 23.9 Å². The van der Waals surface area contributed by atoms with E-state index in [-0.39, 0.29) is 16.8 Å². The van der Waals surface area contributed by atoms with Crippen LogP contribution < -0.4 is 10.2 Å². The summed E-state index contributed by atoms with van der Waals surface area (Å²) in [5.74, 6) is -5.73. The lowest BCUT2D eigenvalue weighted by Crippen LogP contribution is -2.47. The minimum atomic E-state index is -1.14. The van der Waals surface area contributed by atoms with Gasteiger partial charge in [0.25, 0.3) is 5.91 Å². The summed E-state index contributed by atoms with van der Waals surface area (Å²) in [5.41, 5.74) is 0.132. The predicted octanol–water partition coefficient (Wildman–Crippen LogP) is 5.45. The summed E-state index contributed by atoms with van der Waals surface area (Å²) < 4.78 is 69.5. The molecule has 1 atom stereocenters. The first-order chi connectivity index (χ1) is 16.6. The minimum absolute atomic E-state index is 0.0511. The zero-order valence-corrected chi connectivity index (χ0v) is 18.7. The summed E-state index contributed by atoms with van der Waals surface area (Å²) in [5, 5.41) is 2.36. The van der Waals surface area contributed by atoms with Crippen molar-refractivity contribution in [1.82, 2.24) is 10.2 Å². The van der Waals surface area contributed by atoms with Crippen molar-refractivity contribution in [3.63, 3.8) is 0 Å². The normalized spacial score (nSPS) is 15.3. The van der Waals surface area contributed by atoms with Gasteiger partial charge in [0.15, 0.2) is 0 Å². The Morgan fingerprint density at radius 2 is 1.54 bits per heavy atom. The molecule has 0 bridgehead atoms. The lowest BCUT2D eigenvalue weighted by Gasteiger charge is -2.39. The Kier molecular flexibility index (Phi) is 6.47. The summed E-state index contributed by atoms with van der Waals surface area (Å²) in [7, 11) is 1.55. The van der Waals surface area contributed by atoms with E-state index in [1.807, 2.05) is 0 Å². The minimum Gasteiger partial charge on any atom is -0.348 e. The van der Waals surface area contributed by atoms with Gasteiger partial charge < -0.3 is 10.2 Å². The maximum absolute atomic E-state index is 14.3. The predicted molar refractivity (Wildman–Crippen MR) is 118 cm³/mol. The van der Waals surface area contributed by atoms with Crippen molar-refractivity contribution in [3.05, 3.63) is 99.9 Å². The molecule has 0 aliphatic carbocycles. The van der Waals surface area contributed by atoms with Crippen molar-refractivity contribution in [3.8, 4) is 0 Å². The lowest BCUT2D eigenvalue weighted by molar-refractivity contribution is 0.0950. The molecule has 35 heavy (non-hydrogen) atoms. The van der Waals surface area contributed by atoms with Crippen molar-refractivity contribution in [1.29, 1.82) is 0 Å². The van der Waals surface area contributed by atoms with Gasteiger partial charge in [-0.25, -0.2) is 26.7 Å². The molecule has 3 aromatic carbocycles. The van der Waals surface area contributed by atoms with Gasteiger partial charge in [-0.15, -0.1) is 0 Å². The van der Waals surface area contributed by atoms with Crippen LogP contribution in [0.25, 0.3) is 0 Å². The highest BCUT2D eigenvalue weighted by Gasteiger charge is 2.34. The number of benzene rings is 3. The van der Waals surface area contributed by atoms with Crippen LogP contribution in [0.1, 0.15) is 40.0 Å². The first kappa shape index (κ1) is 24.2. The SMILES string of the molecule is C[C@@H]1c2ccc(C(=O)NCc3c(F)cc(F)cc3F)cc2N(Cc2c(F)cccc2F)C(=O)N1C. The number of rotatable bonds is 5. The number of nitrogens with one attached hydrogen (secondary N) is 1. The van der Waals surface area contributed by atoms with Gasteiger partial charge in [-0.2, -0.15) is 0 Å². The molecule has 0 fully saturated rings. The number of fused-ring (bicyclic) bond motifs is 1.